The fraction of sp³-hybridized carbons (Fsp3) is 0.136. The Hall–Kier alpha value is -4.05. The van der Waals surface area contributed by atoms with Gasteiger partial charge in [-0.2, -0.15) is 5.26 Å². The summed E-state index contributed by atoms with van der Waals surface area (Å²) in [6.07, 6.45) is -0.994. The Morgan fingerprint density at radius 3 is 2.62 bits per heavy atom. The molecule has 0 spiro atoms. The van der Waals surface area contributed by atoms with E-state index in [0.717, 1.165) is 0 Å². The number of ether oxygens (including phenoxy) is 1. The van der Waals surface area contributed by atoms with E-state index in [1.54, 1.807) is 48.5 Å². The first-order valence-electron chi connectivity index (χ1n) is 8.95. The SMILES string of the molecule is N#CCC1=NN=C(c2cc3ccccc3oc2=O)C(CC(=O)c2ccccc2)O1. The molecular formula is C22H15N3O4. The molecule has 1 aliphatic heterocycles. The lowest BCUT2D eigenvalue weighted by atomic mass is 9.98. The Morgan fingerprint density at radius 1 is 1.07 bits per heavy atom. The standard InChI is InChI=1S/C22H15N3O4/c23-11-10-20-24-25-21(16-12-15-8-4-5-9-18(15)29-22(16)27)19(28-20)13-17(26)14-6-2-1-3-7-14/h1-9,12,19H,10,13H2. The lowest BCUT2D eigenvalue weighted by Gasteiger charge is -2.22. The second kappa shape index (κ2) is 7.90. The number of Topliss-reactive ketones (excluding diaryl/α,β-unsaturated/α-hetero) is 1. The molecule has 4 rings (SSSR count). The van der Waals surface area contributed by atoms with Crippen molar-refractivity contribution >= 4 is 28.4 Å². The Balaban J connectivity index is 1.74. The van der Waals surface area contributed by atoms with Gasteiger partial charge >= 0.3 is 5.63 Å². The Labute approximate surface area is 165 Å². The average Bonchev–Trinajstić information content (AvgIpc) is 2.74. The van der Waals surface area contributed by atoms with Crippen molar-refractivity contribution in [1.29, 1.82) is 5.26 Å². The van der Waals surface area contributed by atoms with Gasteiger partial charge in [-0.05, 0) is 12.1 Å². The van der Waals surface area contributed by atoms with Crippen LogP contribution in [0, 0.1) is 11.3 Å². The van der Waals surface area contributed by atoms with E-state index in [1.165, 1.54) is 0 Å². The number of ketones is 1. The van der Waals surface area contributed by atoms with E-state index in [4.69, 9.17) is 14.4 Å². The number of carbonyl (C=O) groups excluding carboxylic acids is 1. The molecular weight excluding hydrogens is 370 g/mol. The molecule has 3 aromatic rings. The lowest BCUT2D eigenvalue weighted by Crippen LogP contribution is -2.35. The maximum absolute atomic E-state index is 12.7. The number of benzene rings is 2. The molecule has 1 atom stereocenters. The number of fused-ring (bicyclic) bond motifs is 1. The zero-order valence-electron chi connectivity index (χ0n) is 15.2. The molecule has 0 fully saturated rings. The molecule has 142 valence electrons. The minimum atomic E-state index is -0.854. The summed E-state index contributed by atoms with van der Waals surface area (Å²) >= 11 is 0. The molecule has 0 N–H and O–H groups in total. The first kappa shape index (κ1) is 18.3. The lowest BCUT2D eigenvalue weighted by molar-refractivity contribution is 0.0936. The van der Waals surface area contributed by atoms with Gasteiger partial charge < -0.3 is 9.15 Å². The van der Waals surface area contributed by atoms with Gasteiger partial charge in [-0.1, -0.05) is 48.5 Å². The Kier molecular flexibility index (Phi) is 4.99. The Bertz CT molecular complexity index is 1240. The quantitative estimate of drug-likeness (QED) is 0.494. The van der Waals surface area contributed by atoms with Crippen molar-refractivity contribution in [2.24, 2.45) is 10.2 Å². The van der Waals surface area contributed by atoms with Crippen LogP contribution < -0.4 is 5.63 Å². The summed E-state index contributed by atoms with van der Waals surface area (Å²) in [5.74, 6) is -0.0704. The molecule has 7 nitrogen and oxygen atoms in total. The number of nitrogens with zero attached hydrogens (tertiary/aromatic N) is 3. The van der Waals surface area contributed by atoms with Gasteiger partial charge in [0.2, 0.25) is 5.90 Å². The predicted octanol–water partition coefficient (Wildman–Crippen LogP) is 3.48. The number of rotatable bonds is 5. The van der Waals surface area contributed by atoms with Gasteiger partial charge in [0.15, 0.2) is 11.9 Å². The summed E-state index contributed by atoms with van der Waals surface area (Å²) in [6.45, 7) is 0. The van der Waals surface area contributed by atoms with E-state index < -0.39 is 11.7 Å². The van der Waals surface area contributed by atoms with Crippen LogP contribution in [0.2, 0.25) is 0 Å². The van der Waals surface area contributed by atoms with Crippen LogP contribution in [0.4, 0.5) is 0 Å². The van der Waals surface area contributed by atoms with E-state index in [9.17, 15) is 9.59 Å². The summed E-state index contributed by atoms with van der Waals surface area (Å²) in [5.41, 5.74) is 0.751. The highest BCUT2D eigenvalue weighted by Gasteiger charge is 2.30. The average molecular weight is 385 g/mol. The third kappa shape index (κ3) is 3.82. The monoisotopic (exact) mass is 385 g/mol. The molecule has 0 amide bonds. The molecule has 0 bridgehead atoms. The second-order valence-corrected chi connectivity index (χ2v) is 6.40. The molecule has 29 heavy (non-hydrogen) atoms. The van der Waals surface area contributed by atoms with Crippen molar-refractivity contribution in [2.45, 2.75) is 18.9 Å². The maximum atomic E-state index is 12.7. The van der Waals surface area contributed by atoms with Gasteiger partial charge in [0.05, 0.1) is 18.1 Å². The first-order valence-corrected chi connectivity index (χ1v) is 8.95. The van der Waals surface area contributed by atoms with Crippen LogP contribution in [0.1, 0.15) is 28.8 Å². The second-order valence-electron chi connectivity index (χ2n) is 6.40. The number of para-hydroxylation sites is 1. The molecule has 1 aliphatic rings. The zero-order valence-corrected chi connectivity index (χ0v) is 15.2. The topological polar surface area (TPSA) is 105 Å². The van der Waals surface area contributed by atoms with Gasteiger partial charge in [0, 0.05) is 10.9 Å². The van der Waals surface area contributed by atoms with Crippen LogP contribution in [-0.4, -0.2) is 23.5 Å². The third-order valence-electron chi connectivity index (χ3n) is 4.47. The summed E-state index contributed by atoms with van der Waals surface area (Å²) in [5, 5.41) is 17.6. The van der Waals surface area contributed by atoms with Crippen LogP contribution in [0.3, 0.4) is 0 Å². The van der Waals surface area contributed by atoms with E-state index in [0.29, 0.717) is 16.5 Å². The minimum absolute atomic E-state index is 0.0560. The van der Waals surface area contributed by atoms with Crippen LogP contribution in [-0.2, 0) is 4.74 Å². The normalized spacial score (nSPS) is 15.8. The van der Waals surface area contributed by atoms with Gasteiger partial charge in [-0.3, -0.25) is 4.79 Å². The zero-order chi connectivity index (χ0) is 20.2. The van der Waals surface area contributed by atoms with Crippen LogP contribution in [0.5, 0.6) is 0 Å². The summed E-state index contributed by atoms with van der Waals surface area (Å²) in [7, 11) is 0. The Morgan fingerprint density at radius 2 is 1.83 bits per heavy atom. The molecule has 0 aliphatic carbocycles. The predicted molar refractivity (Wildman–Crippen MR) is 107 cm³/mol. The van der Waals surface area contributed by atoms with Crippen molar-refractivity contribution < 1.29 is 13.9 Å². The van der Waals surface area contributed by atoms with Crippen molar-refractivity contribution in [1.82, 2.24) is 0 Å². The van der Waals surface area contributed by atoms with Gasteiger partial charge in [0.1, 0.15) is 17.7 Å². The van der Waals surface area contributed by atoms with Crippen LogP contribution in [0.25, 0.3) is 11.0 Å². The maximum Gasteiger partial charge on any atom is 0.345 e. The highest BCUT2D eigenvalue weighted by Crippen LogP contribution is 2.20. The van der Waals surface area contributed by atoms with E-state index in [2.05, 4.69) is 10.2 Å². The molecule has 1 aromatic heterocycles. The molecule has 0 saturated heterocycles. The van der Waals surface area contributed by atoms with E-state index >= 15 is 0 Å². The van der Waals surface area contributed by atoms with E-state index in [1.807, 2.05) is 18.2 Å². The molecule has 1 unspecified atom stereocenters. The fourth-order valence-electron chi connectivity index (χ4n) is 3.08. The summed E-state index contributed by atoms with van der Waals surface area (Å²) in [4.78, 5) is 25.3. The molecule has 7 heteroatoms. The summed E-state index contributed by atoms with van der Waals surface area (Å²) in [6, 6.07) is 19.4. The third-order valence-corrected chi connectivity index (χ3v) is 4.47. The highest BCUT2D eigenvalue weighted by molar-refractivity contribution is 6.10. The number of hydrogen-bond acceptors (Lipinski definition) is 7. The fourth-order valence-corrected chi connectivity index (χ4v) is 3.08. The van der Waals surface area contributed by atoms with Gasteiger partial charge in [0.25, 0.3) is 0 Å². The van der Waals surface area contributed by atoms with Crippen molar-refractivity contribution in [2.75, 3.05) is 0 Å². The minimum Gasteiger partial charge on any atom is -0.468 e. The molecule has 2 heterocycles. The smallest absolute Gasteiger partial charge is 0.345 e. The number of nitriles is 1. The molecule has 2 aromatic carbocycles. The van der Waals surface area contributed by atoms with Crippen molar-refractivity contribution in [3.05, 3.63) is 82.2 Å². The van der Waals surface area contributed by atoms with Crippen LogP contribution >= 0.6 is 0 Å². The van der Waals surface area contributed by atoms with Crippen LogP contribution in [0.15, 0.2) is 80.1 Å². The highest BCUT2D eigenvalue weighted by atomic mass is 16.5. The number of hydrogen-bond donors (Lipinski definition) is 0. The van der Waals surface area contributed by atoms with Crippen molar-refractivity contribution in [3.63, 3.8) is 0 Å². The molecule has 0 saturated carbocycles. The first-order chi connectivity index (χ1) is 14.2. The number of carbonyl (C=O) groups is 1. The summed E-state index contributed by atoms with van der Waals surface area (Å²) < 4.78 is 11.1. The largest absolute Gasteiger partial charge is 0.468 e. The van der Waals surface area contributed by atoms with E-state index in [-0.39, 0.29) is 35.8 Å². The van der Waals surface area contributed by atoms with Gasteiger partial charge in [-0.15, -0.1) is 10.2 Å². The van der Waals surface area contributed by atoms with Gasteiger partial charge in [-0.25, -0.2) is 4.79 Å². The van der Waals surface area contributed by atoms with Crippen molar-refractivity contribution in [3.8, 4) is 6.07 Å². The molecule has 0 radical (unpaired) electrons.